The molecule has 6 heteroatoms. The molecule has 1 aliphatic rings. The number of amides is 1. The van der Waals surface area contributed by atoms with Gasteiger partial charge in [-0.2, -0.15) is 0 Å². The summed E-state index contributed by atoms with van der Waals surface area (Å²) in [5, 5.41) is 3.20. The SMILES string of the molecule is CC(CN1CCCC1)NC(=O)c1cnc(Cl)cn1. The second-order valence-corrected chi connectivity index (χ2v) is 4.99. The molecule has 0 bridgehead atoms. The van der Waals surface area contributed by atoms with Crippen LogP contribution < -0.4 is 5.32 Å². The summed E-state index contributed by atoms with van der Waals surface area (Å²) in [7, 11) is 0. The monoisotopic (exact) mass is 268 g/mol. The lowest BCUT2D eigenvalue weighted by Gasteiger charge is -2.20. The van der Waals surface area contributed by atoms with E-state index in [1.54, 1.807) is 0 Å². The van der Waals surface area contributed by atoms with Crippen LogP contribution in [0.5, 0.6) is 0 Å². The normalized spacial score (nSPS) is 17.7. The van der Waals surface area contributed by atoms with E-state index in [2.05, 4.69) is 20.2 Å². The second-order valence-electron chi connectivity index (χ2n) is 4.61. The average Bonchev–Trinajstić information content (AvgIpc) is 2.82. The highest BCUT2D eigenvalue weighted by Gasteiger charge is 2.17. The van der Waals surface area contributed by atoms with E-state index in [-0.39, 0.29) is 17.1 Å². The van der Waals surface area contributed by atoms with Crippen LogP contribution in [0.25, 0.3) is 0 Å². The molecule has 1 fully saturated rings. The van der Waals surface area contributed by atoms with Gasteiger partial charge in [0.1, 0.15) is 10.8 Å². The maximum Gasteiger partial charge on any atom is 0.271 e. The van der Waals surface area contributed by atoms with Crippen molar-refractivity contribution < 1.29 is 4.79 Å². The first-order valence-electron chi connectivity index (χ1n) is 6.16. The number of carbonyl (C=O) groups is 1. The molecule has 1 aromatic rings. The Morgan fingerprint density at radius 1 is 1.44 bits per heavy atom. The van der Waals surface area contributed by atoms with E-state index in [9.17, 15) is 4.79 Å². The fraction of sp³-hybridized carbons (Fsp3) is 0.583. The number of carbonyl (C=O) groups excluding carboxylic acids is 1. The number of aromatic nitrogens is 2. The summed E-state index contributed by atoms with van der Waals surface area (Å²) in [6.45, 7) is 5.13. The van der Waals surface area contributed by atoms with E-state index in [0.717, 1.165) is 19.6 Å². The van der Waals surface area contributed by atoms with Crippen LogP contribution in [-0.2, 0) is 0 Å². The summed E-state index contributed by atoms with van der Waals surface area (Å²) in [4.78, 5) is 22.0. The lowest BCUT2D eigenvalue weighted by Crippen LogP contribution is -2.41. The summed E-state index contributed by atoms with van der Waals surface area (Å²) in [6.07, 6.45) is 5.27. The van der Waals surface area contributed by atoms with Gasteiger partial charge in [0.05, 0.1) is 12.4 Å². The molecule has 18 heavy (non-hydrogen) atoms. The minimum absolute atomic E-state index is 0.105. The zero-order chi connectivity index (χ0) is 13.0. The van der Waals surface area contributed by atoms with E-state index < -0.39 is 0 Å². The van der Waals surface area contributed by atoms with Gasteiger partial charge in [-0.05, 0) is 32.9 Å². The van der Waals surface area contributed by atoms with Gasteiger partial charge in [0.15, 0.2) is 0 Å². The van der Waals surface area contributed by atoms with Crippen LogP contribution >= 0.6 is 11.6 Å². The van der Waals surface area contributed by atoms with Gasteiger partial charge < -0.3 is 10.2 Å². The number of hydrogen-bond donors (Lipinski definition) is 1. The van der Waals surface area contributed by atoms with E-state index in [1.165, 1.54) is 25.2 Å². The minimum Gasteiger partial charge on any atom is -0.347 e. The highest BCUT2D eigenvalue weighted by Crippen LogP contribution is 2.08. The Balaban J connectivity index is 1.84. The lowest BCUT2D eigenvalue weighted by atomic mass is 10.3. The standard InChI is InChI=1S/C12H17ClN4O/c1-9(8-17-4-2-3-5-17)16-12(18)10-6-15-11(13)7-14-10/h6-7,9H,2-5,8H2,1H3,(H,16,18). The Kier molecular flexibility index (Phi) is 4.49. The molecule has 1 unspecified atom stereocenters. The third kappa shape index (κ3) is 3.65. The molecule has 0 radical (unpaired) electrons. The number of nitrogens with one attached hydrogen (secondary N) is 1. The van der Waals surface area contributed by atoms with E-state index in [4.69, 9.17) is 11.6 Å². The fourth-order valence-corrected chi connectivity index (χ4v) is 2.22. The maximum atomic E-state index is 11.9. The molecule has 0 aromatic carbocycles. The molecule has 2 heterocycles. The summed E-state index contributed by atoms with van der Waals surface area (Å²) in [6, 6.07) is 0.105. The minimum atomic E-state index is -0.203. The molecule has 98 valence electrons. The van der Waals surface area contributed by atoms with Crippen molar-refractivity contribution in [2.45, 2.75) is 25.8 Å². The number of rotatable bonds is 4. The quantitative estimate of drug-likeness (QED) is 0.895. The van der Waals surface area contributed by atoms with Crippen LogP contribution in [0.1, 0.15) is 30.3 Å². The van der Waals surface area contributed by atoms with Crippen LogP contribution in [0, 0.1) is 0 Å². The number of nitrogens with zero attached hydrogens (tertiary/aromatic N) is 3. The Hall–Kier alpha value is -1.20. The van der Waals surface area contributed by atoms with Gasteiger partial charge in [-0.25, -0.2) is 9.97 Å². The highest BCUT2D eigenvalue weighted by atomic mass is 35.5. The fourth-order valence-electron chi connectivity index (χ4n) is 2.13. The van der Waals surface area contributed by atoms with Crippen molar-refractivity contribution in [3.05, 3.63) is 23.2 Å². The summed E-state index contributed by atoms with van der Waals surface area (Å²) < 4.78 is 0. The number of likely N-dealkylation sites (tertiary alicyclic amines) is 1. The Morgan fingerprint density at radius 2 is 2.17 bits per heavy atom. The van der Waals surface area contributed by atoms with Gasteiger partial charge in [0.25, 0.3) is 5.91 Å². The number of hydrogen-bond acceptors (Lipinski definition) is 4. The molecular weight excluding hydrogens is 252 g/mol. The van der Waals surface area contributed by atoms with Gasteiger partial charge in [0.2, 0.25) is 0 Å². The third-order valence-corrected chi connectivity index (χ3v) is 3.16. The zero-order valence-corrected chi connectivity index (χ0v) is 11.2. The molecule has 1 aliphatic heterocycles. The molecular formula is C12H17ClN4O. The van der Waals surface area contributed by atoms with Crippen LogP contribution in [0.4, 0.5) is 0 Å². The van der Waals surface area contributed by atoms with Crippen molar-refractivity contribution in [1.29, 1.82) is 0 Å². The molecule has 2 rings (SSSR count). The summed E-state index contributed by atoms with van der Waals surface area (Å²) >= 11 is 5.62. The smallest absolute Gasteiger partial charge is 0.271 e. The molecule has 0 spiro atoms. The topological polar surface area (TPSA) is 58.1 Å². The molecule has 1 N–H and O–H groups in total. The molecule has 1 amide bonds. The predicted molar refractivity (Wildman–Crippen MR) is 69.6 cm³/mol. The van der Waals surface area contributed by atoms with Gasteiger partial charge in [-0.15, -0.1) is 0 Å². The molecule has 1 atom stereocenters. The van der Waals surface area contributed by atoms with Crippen LogP contribution in [0.2, 0.25) is 5.15 Å². The van der Waals surface area contributed by atoms with Crippen LogP contribution in [0.3, 0.4) is 0 Å². The van der Waals surface area contributed by atoms with Crippen molar-refractivity contribution >= 4 is 17.5 Å². The van der Waals surface area contributed by atoms with Gasteiger partial charge >= 0.3 is 0 Å². The van der Waals surface area contributed by atoms with Crippen molar-refractivity contribution in [3.8, 4) is 0 Å². The first-order valence-corrected chi connectivity index (χ1v) is 6.53. The molecule has 1 aromatic heterocycles. The molecule has 5 nitrogen and oxygen atoms in total. The predicted octanol–water partition coefficient (Wildman–Crippen LogP) is 1.34. The van der Waals surface area contributed by atoms with Crippen molar-refractivity contribution in [2.24, 2.45) is 0 Å². The van der Waals surface area contributed by atoms with Gasteiger partial charge in [-0.1, -0.05) is 11.6 Å². The summed E-state index contributed by atoms with van der Waals surface area (Å²) in [5.74, 6) is -0.203. The average molecular weight is 269 g/mol. The first kappa shape index (κ1) is 13.2. The van der Waals surface area contributed by atoms with Crippen LogP contribution in [0.15, 0.2) is 12.4 Å². The van der Waals surface area contributed by atoms with Crippen LogP contribution in [-0.4, -0.2) is 46.5 Å². The van der Waals surface area contributed by atoms with E-state index in [1.807, 2.05) is 6.92 Å². The van der Waals surface area contributed by atoms with E-state index in [0.29, 0.717) is 5.69 Å². The van der Waals surface area contributed by atoms with Crippen molar-refractivity contribution in [3.63, 3.8) is 0 Å². The van der Waals surface area contributed by atoms with Crippen molar-refractivity contribution in [1.82, 2.24) is 20.2 Å². The maximum absolute atomic E-state index is 11.9. The lowest BCUT2D eigenvalue weighted by molar-refractivity contribution is 0.0926. The Bertz CT molecular complexity index is 403. The van der Waals surface area contributed by atoms with Crippen molar-refractivity contribution in [2.75, 3.05) is 19.6 Å². The number of halogens is 1. The Labute approximate surface area is 112 Å². The second kappa shape index (κ2) is 6.11. The Morgan fingerprint density at radius 3 is 2.78 bits per heavy atom. The molecule has 1 saturated heterocycles. The zero-order valence-electron chi connectivity index (χ0n) is 10.4. The van der Waals surface area contributed by atoms with Gasteiger partial charge in [-0.3, -0.25) is 4.79 Å². The third-order valence-electron chi connectivity index (χ3n) is 2.96. The van der Waals surface area contributed by atoms with E-state index >= 15 is 0 Å². The first-order chi connectivity index (χ1) is 8.65. The van der Waals surface area contributed by atoms with Gasteiger partial charge in [0, 0.05) is 12.6 Å². The largest absolute Gasteiger partial charge is 0.347 e. The molecule has 0 saturated carbocycles. The molecule has 0 aliphatic carbocycles. The summed E-state index contributed by atoms with van der Waals surface area (Å²) in [5.41, 5.74) is 0.299. The highest BCUT2D eigenvalue weighted by molar-refractivity contribution is 6.29.